The monoisotopic (exact) mass is 358 g/mol. The summed E-state index contributed by atoms with van der Waals surface area (Å²) in [5, 5.41) is 4.92. The van der Waals surface area contributed by atoms with Crippen molar-refractivity contribution in [3.05, 3.63) is 42.5 Å². The molecule has 0 bridgehead atoms. The number of carbonyl (C=O) groups is 3. The first-order valence-electron chi connectivity index (χ1n) is 7.36. The standard InChI is InChI=1S/C17H14N2O3S2/c20-14(10-24-17(23)19-15(21)7-8-16(19)22)18-13-6-5-11-3-1-2-4-12(11)9-13/h1-6,9H,7-8,10H2,(H,18,20). The van der Waals surface area contributed by atoms with Crippen LogP contribution in [-0.2, 0) is 14.4 Å². The molecule has 0 unspecified atom stereocenters. The third-order valence-corrected chi connectivity index (χ3v) is 4.97. The van der Waals surface area contributed by atoms with Gasteiger partial charge in [0, 0.05) is 18.5 Å². The fraction of sp³-hybridized carbons (Fsp3) is 0.176. The van der Waals surface area contributed by atoms with E-state index in [0.717, 1.165) is 27.4 Å². The van der Waals surface area contributed by atoms with Gasteiger partial charge < -0.3 is 5.32 Å². The van der Waals surface area contributed by atoms with Gasteiger partial charge >= 0.3 is 0 Å². The Morgan fingerprint density at radius 2 is 1.75 bits per heavy atom. The molecule has 122 valence electrons. The highest BCUT2D eigenvalue weighted by Crippen LogP contribution is 2.21. The first kappa shape index (κ1) is 16.6. The molecule has 0 spiro atoms. The van der Waals surface area contributed by atoms with E-state index in [1.807, 2.05) is 42.5 Å². The fourth-order valence-corrected chi connectivity index (χ4v) is 3.48. The van der Waals surface area contributed by atoms with E-state index in [2.05, 4.69) is 5.32 Å². The number of thioether (sulfide) groups is 1. The highest BCUT2D eigenvalue weighted by Gasteiger charge is 2.32. The molecule has 1 fully saturated rings. The summed E-state index contributed by atoms with van der Waals surface area (Å²) in [5.74, 6) is -0.792. The van der Waals surface area contributed by atoms with E-state index in [1.165, 1.54) is 0 Å². The Labute approximate surface area is 148 Å². The first-order valence-corrected chi connectivity index (χ1v) is 8.75. The van der Waals surface area contributed by atoms with Crippen LogP contribution >= 0.6 is 24.0 Å². The molecule has 5 nitrogen and oxygen atoms in total. The van der Waals surface area contributed by atoms with Gasteiger partial charge in [-0.3, -0.25) is 14.4 Å². The van der Waals surface area contributed by atoms with Crippen LogP contribution < -0.4 is 5.32 Å². The SMILES string of the molecule is O=C(CSC(=S)N1C(=O)CCC1=O)Nc1ccc2ccccc2c1. The highest BCUT2D eigenvalue weighted by atomic mass is 32.2. The van der Waals surface area contributed by atoms with Gasteiger partial charge in [0.2, 0.25) is 17.7 Å². The molecule has 24 heavy (non-hydrogen) atoms. The molecule has 0 saturated carbocycles. The number of carbonyl (C=O) groups excluding carboxylic acids is 3. The average Bonchev–Trinajstić information content (AvgIpc) is 2.91. The Kier molecular flexibility index (Phi) is 4.92. The van der Waals surface area contributed by atoms with Crippen molar-refractivity contribution in [2.24, 2.45) is 0 Å². The Morgan fingerprint density at radius 1 is 1.08 bits per heavy atom. The van der Waals surface area contributed by atoms with Crippen LogP contribution in [0.1, 0.15) is 12.8 Å². The number of nitrogens with one attached hydrogen (secondary N) is 1. The van der Waals surface area contributed by atoms with Crippen molar-refractivity contribution in [2.75, 3.05) is 11.1 Å². The molecule has 0 atom stereocenters. The molecular weight excluding hydrogens is 344 g/mol. The molecule has 1 aliphatic rings. The van der Waals surface area contributed by atoms with Crippen LogP contribution in [0.5, 0.6) is 0 Å². The third-order valence-electron chi connectivity index (χ3n) is 3.59. The zero-order valence-electron chi connectivity index (χ0n) is 12.7. The zero-order valence-corrected chi connectivity index (χ0v) is 14.3. The number of imide groups is 1. The van der Waals surface area contributed by atoms with E-state index in [-0.39, 0.29) is 40.6 Å². The zero-order chi connectivity index (χ0) is 17.1. The molecule has 1 aliphatic heterocycles. The van der Waals surface area contributed by atoms with Gasteiger partial charge in [0.05, 0.1) is 5.75 Å². The fourth-order valence-electron chi connectivity index (χ4n) is 2.44. The minimum atomic E-state index is -0.299. The Balaban J connectivity index is 1.58. The van der Waals surface area contributed by atoms with Crippen LogP contribution in [0, 0.1) is 0 Å². The highest BCUT2D eigenvalue weighted by molar-refractivity contribution is 8.23. The summed E-state index contributed by atoms with van der Waals surface area (Å²) >= 11 is 6.10. The van der Waals surface area contributed by atoms with Gasteiger partial charge in [-0.05, 0) is 22.9 Å². The minimum Gasteiger partial charge on any atom is -0.325 e. The van der Waals surface area contributed by atoms with Crippen LogP contribution in [0.4, 0.5) is 5.69 Å². The Hall–Kier alpha value is -2.25. The molecule has 7 heteroatoms. The second-order valence-electron chi connectivity index (χ2n) is 5.29. The van der Waals surface area contributed by atoms with Crippen molar-refractivity contribution in [1.29, 1.82) is 0 Å². The number of hydrogen-bond acceptors (Lipinski definition) is 5. The lowest BCUT2D eigenvalue weighted by Gasteiger charge is -2.14. The van der Waals surface area contributed by atoms with E-state index in [0.29, 0.717) is 5.69 Å². The van der Waals surface area contributed by atoms with E-state index < -0.39 is 0 Å². The molecule has 0 radical (unpaired) electrons. The summed E-state index contributed by atoms with van der Waals surface area (Å²) in [4.78, 5) is 36.2. The van der Waals surface area contributed by atoms with Crippen LogP contribution in [0.2, 0.25) is 0 Å². The number of rotatable bonds is 3. The quantitative estimate of drug-likeness (QED) is 0.675. The largest absolute Gasteiger partial charge is 0.325 e. The van der Waals surface area contributed by atoms with Crippen LogP contribution in [0.15, 0.2) is 42.5 Å². The summed E-state index contributed by atoms with van der Waals surface area (Å²) in [7, 11) is 0. The van der Waals surface area contributed by atoms with Crippen molar-refractivity contribution >= 4 is 62.5 Å². The molecule has 2 aromatic rings. The van der Waals surface area contributed by atoms with Crippen molar-refractivity contribution in [3.63, 3.8) is 0 Å². The number of fused-ring (bicyclic) bond motifs is 1. The van der Waals surface area contributed by atoms with E-state index in [4.69, 9.17) is 12.2 Å². The molecular formula is C17H14N2O3S2. The number of likely N-dealkylation sites (tertiary alicyclic amines) is 1. The summed E-state index contributed by atoms with van der Waals surface area (Å²) in [6, 6.07) is 13.5. The van der Waals surface area contributed by atoms with E-state index in [9.17, 15) is 14.4 Å². The number of anilines is 1. The second kappa shape index (κ2) is 7.11. The van der Waals surface area contributed by atoms with Crippen molar-refractivity contribution in [2.45, 2.75) is 12.8 Å². The minimum absolute atomic E-state index is 0.0444. The predicted molar refractivity (Wildman–Crippen MR) is 98.7 cm³/mol. The molecule has 3 rings (SSSR count). The lowest BCUT2D eigenvalue weighted by atomic mass is 10.1. The van der Waals surface area contributed by atoms with E-state index in [1.54, 1.807) is 0 Å². The van der Waals surface area contributed by atoms with Gasteiger partial charge in [-0.2, -0.15) is 0 Å². The molecule has 3 amide bonds. The van der Waals surface area contributed by atoms with Crippen molar-refractivity contribution in [3.8, 4) is 0 Å². The van der Waals surface area contributed by atoms with Crippen LogP contribution in [-0.4, -0.2) is 32.7 Å². The van der Waals surface area contributed by atoms with Gasteiger partial charge in [0.15, 0.2) is 0 Å². The average molecular weight is 358 g/mol. The summed E-state index contributed by atoms with van der Waals surface area (Å²) in [6.45, 7) is 0. The maximum Gasteiger partial charge on any atom is 0.235 e. The summed E-state index contributed by atoms with van der Waals surface area (Å²) in [6.07, 6.45) is 0.367. The summed E-state index contributed by atoms with van der Waals surface area (Å²) in [5.41, 5.74) is 0.693. The van der Waals surface area contributed by atoms with Crippen LogP contribution in [0.25, 0.3) is 10.8 Å². The van der Waals surface area contributed by atoms with Gasteiger partial charge in [-0.25, -0.2) is 4.90 Å². The maximum atomic E-state index is 12.1. The molecule has 1 N–H and O–H groups in total. The smallest absolute Gasteiger partial charge is 0.235 e. The van der Waals surface area contributed by atoms with Gasteiger partial charge in [0.25, 0.3) is 0 Å². The number of hydrogen-bond donors (Lipinski definition) is 1. The maximum absolute atomic E-state index is 12.1. The Morgan fingerprint density at radius 3 is 2.46 bits per heavy atom. The number of amides is 3. The Bertz CT molecular complexity index is 835. The van der Waals surface area contributed by atoms with Crippen LogP contribution in [0.3, 0.4) is 0 Å². The predicted octanol–water partition coefficient (Wildman–Crippen LogP) is 2.95. The van der Waals surface area contributed by atoms with Gasteiger partial charge in [0.1, 0.15) is 4.32 Å². The molecule has 2 aromatic carbocycles. The number of thiocarbonyl (C=S) groups is 1. The van der Waals surface area contributed by atoms with Gasteiger partial charge in [-0.1, -0.05) is 54.3 Å². The molecule has 0 aromatic heterocycles. The molecule has 1 heterocycles. The summed E-state index contributed by atoms with van der Waals surface area (Å²) < 4.78 is 0.135. The molecule has 1 saturated heterocycles. The number of nitrogens with zero attached hydrogens (tertiary/aromatic N) is 1. The van der Waals surface area contributed by atoms with Crippen molar-refractivity contribution < 1.29 is 14.4 Å². The topological polar surface area (TPSA) is 66.5 Å². The normalized spacial score (nSPS) is 14.2. The lowest BCUT2D eigenvalue weighted by Crippen LogP contribution is -2.33. The number of benzene rings is 2. The molecule has 0 aliphatic carbocycles. The lowest BCUT2D eigenvalue weighted by molar-refractivity contribution is -0.133. The second-order valence-corrected chi connectivity index (χ2v) is 6.90. The van der Waals surface area contributed by atoms with Crippen molar-refractivity contribution in [1.82, 2.24) is 4.90 Å². The van der Waals surface area contributed by atoms with E-state index >= 15 is 0 Å². The van der Waals surface area contributed by atoms with Gasteiger partial charge in [-0.15, -0.1) is 0 Å². The third kappa shape index (κ3) is 3.63. The first-order chi connectivity index (χ1) is 11.5.